The van der Waals surface area contributed by atoms with E-state index in [-0.39, 0.29) is 0 Å². The predicted octanol–water partition coefficient (Wildman–Crippen LogP) is 0.603. The van der Waals surface area contributed by atoms with Crippen molar-refractivity contribution in [2.45, 2.75) is 44.6 Å². The van der Waals surface area contributed by atoms with Crippen molar-refractivity contribution in [1.82, 2.24) is 0 Å². The average Bonchev–Trinajstić information content (AvgIpc) is 2.17. The number of rotatable bonds is 2. The fourth-order valence-corrected chi connectivity index (χ4v) is 3.15. The number of hydrogen-bond acceptors (Lipinski definition) is 1. The maximum Gasteiger partial charge on any atom is 0.309 e. The largest absolute Gasteiger partial charge is 0.481 e. The van der Waals surface area contributed by atoms with Crippen molar-refractivity contribution in [1.29, 1.82) is 0 Å². The molecule has 3 heteroatoms. The molecule has 1 aliphatic heterocycles. The number of carboxylic acid groups (broad SMARTS) is 1. The molecule has 1 aliphatic carbocycles. The van der Waals surface area contributed by atoms with Gasteiger partial charge in [-0.25, -0.2) is 0 Å². The molecule has 2 fully saturated rings. The first-order chi connectivity index (χ1) is 6.75. The molecule has 3 N–H and O–H groups in total. The van der Waals surface area contributed by atoms with Crippen LogP contribution in [-0.2, 0) is 4.79 Å². The molecule has 1 saturated heterocycles. The van der Waals surface area contributed by atoms with Crippen LogP contribution >= 0.6 is 0 Å². The molecule has 3 atom stereocenters. The van der Waals surface area contributed by atoms with Gasteiger partial charge in [0.15, 0.2) is 0 Å². The third kappa shape index (κ3) is 2.27. The van der Waals surface area contributed by atoms with Crippen LogP contribution in [0.3, 0.4) is 0 Å². The summed E-state index contributed by atoms with van der Waals surface area (Å²) in [6.07, 6.45) is 6.95. The summed E-state index contributed by atoms with van der Waals surface area (Å²) in [5.74, 6) is 1.08. The fourth-order valence-electron chi connectivity index (χ4n) is 3.15. The Morgan fingerprint density at radius 1 is 1.29 bits per heavy atom. The second kappa shape index (κ2) is 4.30. The van der Waals surface area contributed by atoms with Crippen molar-refractivity contribution < 1.29 is 15.2 Å². The van der Waals surface area contributed by atoms with E-state index < -0.39 is 5.97 Å². The van der Waals surface area contributed by atoms with E-state index in [1.54, 1.807) is 0 Å². The molecule has 0 unspecified atom stereocenters. The Morgan fingerprint density at radius 3 is 2.71 bits per heavy atom. The van der Waals surface area contributed by atoms with Gasteiger partial charge in [-0.15, -0.1) is 0 Å². The molecular formula is C11H20NO2+. The van der Waals surface area contributed by atoms with Gasteiger partial charge in [0.05, 0.1) is 19.0 Å². The van der Waals surface area contributed by atoms with Crippen molar-refractivity contribution in [2.75, 3.05) is 6.54 Å². The fraction of sp³-hybridized carbons (Fsp3) is 0.909. The van der Waals surface area contributed by atoms with Crippen LogP contribution in [-0.4, -0.2) is 23.7 Å². The van der Waals surface area contributed by atoms with Crippen LogP contribution in [0.2, 0.25) is 0 Å². The summed E-state index contributed by atoms with van der Waals surface area (Å²) in [5, 5.41) is 11.0. The molecule has 3 nitrogen and oxygen atoms in total. The van der Waals surface area contributed by atoms with Gasteiger partial charge in [0.1, 0.15) is 0 Å². The van der Waals surface area contributed by atoms with Crippen LogP contribution in [0.15, 0.2) is 0 Å². The molecule has 1 heterocycles. The molecule has 80 valence electrons. The first-order valence-electron chi connectivity index (χ1n) is 5.81. The number of aliphatic carboxylic acids is 1. The van der Waals surface area contributed by atoms with Crippen LogP contribution in [0.4, 0.5) is 0 Å². The maximum absolute atomic E-state index is 10.6. The first kappa shape index (κ1) is 9.97. The molecular weight excluding hydrogens is 178 g/mol. The number of hydrogen-bond donors (Lipinski definition) is 2. The molecule has 1 saturated carbocycles. The van der Waals surface area contributed by atoms with Gasteiger partial charge in [-0.1, -0.05) is 12.8 Å². The number of piperidine rings is 1. The predicted molar refractivity (Wildman–Crippen MR) is 52.9 cm³/mol. The van der Waals surface area contributed by atoms with E-state index in [1.807, 2.05) is 0 Å². The lowest BCUT2D eigenvalue weighted by atomic mass is 9.73. The molecule has 2 rings (SSSR count). The van der Waals surface area contributed by atoms with E-state index in [9.17, 15) is 4.79 Å². The molecule has 0 aromatic rings. The molecule has 0 aromatic heterocycles. The number of nitrogens with two attached hydrogens (primary N) is 1. The summed E-state index contributed by atoms with van der Waals surface area (Å²) in [6.45, 7) is 1.17. The van der Waals surface area contributed by atoms with Crippen LogP contribution in [0.1, 0.15) is 38.5 Å². The lowest BCUT2D eigenvalue weighted by Crippen LogP contribution is -2.93. The summed E-state index contributed by atoms with van der Waals surface area (Å²) in [5.41, 5.74) is 0. The second-order valence-corrected chi connectivity index (χ2v) is 4.87. The van der Waals surface area contributed by atoms with Gasteiger partial charge >= 0.3 is 5.97 Å². The Labute approximate surface area is 84.9 Å². The smallest absolute Gasteiger partial charge is 0.309 e. The van der Waals surface area contributed by atoms with E-state index in [2.05, 4.69) is 5.32 Å². The lowest BCUT2D eigenvalue weighted by Gasteiger charge is -2.37. The van der Waals surface area contributed by atoms with Gasteiger partial charge in [-0.3, -0.25) is 4.79 Å². The SMILES string of the molecule is O=C(O)C[C@H]1C[C@H]2CCCC[C@@H]2C[NH2+]1. The molecule has 0 amide bonds. The Bertz CT molecular complexity index is 217. The number of fused-ring (bicyclic) bond motifs is 1. The van der Waals surface area contributed by atoms with E-state index in [1.165, 1.54) is 32.2 Å². The van der Waals surface area contributed by atoms with Gasteiger partial charge in [0.25, 0.3) is 0 Å². The molecule has 0 bridgehead atoms. The minimum Gasteiger partial charge on any atom is -0.481 e. The Hall–Kier alpha value is -0.570. The highest BCUT2D eigenvalue weighted by Gasteiger charge is 2.35. The zero-order valence-corrected chi connectivity index (χ0v) is 8.61. The van der Waals surface area contributed by atoms with E-state index in [0.29, 0.717) is 12.5 Å². The Balaban J connectivity index is 1.86. The molecule has 0 aromatic carbocycles. The number of carboxylic acids is 1. The summed E-state index contributed by atoms with van der Waals surface area (Å²) in [6, 6.07) is 0.354. The zero-order chi connectivity index (χ0) is 9.97. The normalized spacial score (nSPS) is 37.6. The van der Waals surface area contributed by atoms with E-state index in [0.717, 1.165) is 18.3 Å². The summed E-state index contributed by atoms with van der Waals surface area (Å²) in [7, 11) is 0. The third-order valence-corrected chi connectivity index (χ3v) is 3.88. The van der Waals surface area contributed by atoms with Crippen molar-refractivity contribution in [2.24, 2.45) is 11.8 Å². The molecule has 0 spiro atoms. The summed E-state index contributed by atoms with van der Waals surface area (Å²) in [4.78, 5) is 10.6. The van der Waals surface area contributed by atoms with Crippen LogP contribution in [0.5, 0.6) is 0 Å². The number of quaternary nitrogens is 1. The Kier molecular flexibility index (Phi) is 3.06. The second-order valence-electron chi connectivity index (χ2n) is 4.87. The molecule has 0 radical (unpaired) electrons. The van der Waals surface area contributed by atoms with Gasteiger partial charge in [0.2, 0.25) is 0 Å². The Morgan fingerprint density at radius 2 is 2.00 bits per heavy atom. The van der Waals surface area contributed by atoms with Gasteiger partial charge in [-0.05, 0) is 18.8 Å². The van der Waals surface area contributed by atoms with Gasteiger partial charge < -0.3 is 10.4 Å². The third-order valence-electron chi connectivity index (χ3n) is 3.88. The highest BCUT2D eigenvalue weighted by Crippen LogP contribution is 2.33. The van der Waals surface area contributed by atoms with E-state index in [4.69, 9.17) is 5.11 Å². The average molecular weight is 198 g/mol. The highest BCUT2D eigenvalue weighted by molar-refractivity contribution is 5.67. The maximum atomic E-state index is 10.6. The minimum absolute atomic E-state index is 0.350. The van der Waals surface area contributed by atoms with Crippen molar-refractivity contribution in [3.8, 4) is 0 Å². The lowest BCUT2D eigenvalue weighted by molar-refractivity contribution is -0.706. The van der Waals surface area contributed by atoms with Crippen molar-refractivity contribution >= 4 is 5.97 Å². The first-order valence-corrected chi connectivity index (χ1v) is 5.81. The van der Waals surface area contributed by atoms with Gasteiger partial charge in [-0.2, -0.15) is 0 Å². The zero-order valence-electron chi connectivity index (χ0n) is 8.61. The van der Waals surface area contributed by atoms with Crippen LogP contribution in [0, 0.1) is 11.8 Å². The monoisotopic (exact) mass is 198 g/mol. The quantitative estimate of drug-likeness (QED) is 0.683. The van der Waals surface area contributed by atoms with E-state index >= 15 is 0 Å². The topological polar surface area (TPSA) is 53.9 Å². The van der Waals surface area contributed by atoms with Crippen LogP contribution < -0.4 is 5.32 Å². The van der Waals surface area contributed by atoms with Crippen molar-refractivity contribution in [3.05, 3.63) is 0 Å². The minimum atomic E-state index is -0.638. The van der Waals surface area contributed by atoms with Crippen molar-refractivity contribution in [3.63, 3.8) is 0 Å². The highest BCUT2D eigenvalue weighted by atomic mass is 16.4. The standard InChI is InChI=1S/C11H19NO2/c13-11(14)6-10-5-8-3-1-2-4-9(8)7-12-10/h8-10,12H,1-7H2,(H,13,14)/p+1/t8-,9-,10-/m1/s1. The summed E-state index contributed by atoms with van der Waals surface area (Å²) >= 11 is 0. The van der Waals surface area contributed by atoms with Gasteiger partial charge in [0, 0.05) is 12.3 Å². The molecule has 2 aliphatic rings. The molecule has 14 heavy (non-hydrogen) atoms. The summed E-state index contributed by atoms with van der Waals surface area (Å²) < 4.78 is 0. The van der Waals surface area contributed by atoms with Crippen LogP contribution in [0.25, 0.3) is 0 Å². The number of carbonyl (C=O) groups is 1.